The maximum absolute atomic E-state index is 13.5. The van der Waals surface area contributed by atoms with E-state index in [1.807, 2.05) is 36.4 Å². The summed E-state index contributed by atoms with van der Waals surface area (Å²) in [4.78, 5) is 6.81. The number of nitrogens with one attached hydrogen (secondary N) is 1. The number of rotatable bonds is 5. The Morgan fingerprint density at radius 1 is 1.13 bits per heavy atom. The molecule has 3 nitrogen and oxygen atoms in total. The molecule has 0 aliphatic carbocycles. The average molecular weight is 335 g/mol. The van der Waals surface area contributed by atoms with Crippen LogP contribution in [-0.2, 0) is 6.54 Å². The van der Waals surface area contributed by atoms with Gasteiger partial charge in [-0.2, -0.15) is 0 Å². The smallest absolute Gasteiger partial charge is 0.265 e. The molecule has 2 heterocycles. The zero-order chi connectivity index (χ0) is 16.1. The quantitative estimate of drug-likeness (QED) is 0.832. The molecule has 1 aromatic heterocycles. The van der Waals surface area contributed by atoms with E-state index in [0.717, 1.165) is 17.1 Å². The van der Waals surface area contributed by atoms with Crippen molar-refractivity contribution in [1.82, 2.24) is 9.71 Å². The van der Waals surface area contributed by atoms with Crippen LogP contribution in [-0.4, -0.2) is 24.0 Å². The van der Waals surface area contributed by atoms with Crippen LogP contribution in [0.3, 0.4) is 0 Å². The number of halogens is 2. The molecule has 0 radical (unpaired) electrons. The van der Waals surface area contributed by atoms with Gasteiger partial charge in [-0.1, -0.05) is 0 Å². The van der Waals surface area contributed by atoms with Crippen molar-refractivity contribution >= 4 is 17.6 Å². The summed E-state index contributed by atoms with van der Waals surface area (Å²) in [5, 5.41) is 0. The second-order valence-electron chi connectivity index (χ2n) is 5.65. The van der Waals surface area contributed by atoms with E-state index >= 15 is 0 Å². The van der Waals surface area contributed by atoms with Gasteiger partial charge in [0.1, 0.15) is 0 Å². The fourth-order valence-corrected chi connectivity index (χ4v) is 3.29. The molecule has 0 amide bonds. The molecule has 23 heavy (non-hydrogen) atoms. The van der Waals surface area contributed by atoms with Crippen LogP contribution in [0.2, 0.25) is 0 Å². The summed E-state index contributed by atoms with van der Waals surface area (Å²) in [7, 11) is 0. The Kier molecular flexibility index (Phi) is 5.13. The van der Waals surface area contributed by atoms with Crippen molar-refractivity contribution < 1.29 is 8.78 Å². The van der Waals surface area contributed by atoms with E-state index in [-0.39, 0.29) is 13.0 Å². The number of benzene rings is 1. The number of anilines is 1. The molecular weight excluding hydrogens is 316 g/mol. The molecule has 1 N–H and O–H groups in total. The van der Waals surface area contributed by atoms with E-state index in [9.17, 15) is 8.78 Å². The van der Waals surface area contributed by atoms with Crippen molar-refractivity contribution in [3.8, 4) is 0 Å². The summed E-state index contributed by atoms with van der Waals surface area (Å²) in [6, 6.07) is 11.7. The Morgan fingerprint density at radius 3 is 2.57 bits per heavy atom. The van der Waals surface area contributed by atoms with Gasteiger partial charge < -0.3 is 4.90 Å². The van der Waals surface area contributed by atoms with Gasteiger partial charge in [-0.05, 0) is 60.3 Å². The van der Waals surface area contributed by atoms with E-state index in [1.54, 1.807) is 17.3 Å². The first-order valence-corrected chi connectivity index (χ1v) is 8.45. The second-order valence-corrected chi connectivity index (χ2v) is 6.62. The number of piperidine rings is 1. The summed E-state index contributed by atoms with van der Waals surface area (Å²) in [6.45, 7) is 1.26. The van der Waals surface area contributed by atoms with Gasteiger partial charge in [0, 0.05) is 42.5 Å². The summed E-state index contributed by atoms with van der Waals surface area (Å²) in [6.07, 6.45) is 4.07. The monoisotopic (exact) mass is 335 g/mol. The van der Waals surface area contributed by atoms with Gasteiger partial charge in [-0.15, -0.1) is 0 Å². The second kappa shape index (κ2) is 7.27. The van der Waals surface area contributed by atoms with Gasteiger partial charge in [-0.25, -0.2) is 8.78 Å². The minimum atomic E-state index is -2.57. The predicted octanol–water partition coefficient (Wildman–Crippen LogP) is 4.11. The maximum atomic E-state index is 13.5. The van der Waals surface area contributed by atoms with Crippen molar-refractivity contribution in [1.29, 1.82) is 0 Å². The highest BCUT2D eigenvalue weighted by Gasteiger charge is 2.35. The first kappa shape index (κ1) is 16.2. The van der Waals surface area contributed by atoms with Crippen LogP contribution in [0.1, 0.15) is 18.4 Å². The van der Waals surface area contributed by atoms with Crippen LogP contribution in [0.25, 0.3) is 0 Å². The molecule has 0 unspecified atom stereocenters. The number of hydrogen-bond donors (Lipinski definition) is 1. The summed E-state index contributed by atoms with van der Waals surface area (Å²) in [5.41, 5.74) is 2.03. The van der Waals surface area contributed by atoms with Crippen molar-refractivity contribution in [2.24, 2.45) is 0 Å². The Bertz CT molecular complexity index is 619. The van der Waals surface area contributed by atoms with Crippen LogP contribution in [0.4, 0.5) is 14.5 Å². The fourth-order valence-electron chi connectivity index (χ4n) is 2.61. The van der Waals surface area contributed by atoms with E-state index < -0.39 is 5.92 Å². The van der Waals surface area contributed by atoms with E-state index in [1.165, 1.54) is 17.5 Å². The standard InChI is InChI=1S/C17H19F2N3S/c18-17(19)8-1-11-22(13-17)15-2-4-16(5-3-15)23-21-12-14-6-9-20-10-7-14/h2-7,9-10,21H,1,8,11-13H2. The van der Waals surface area contributed by atoms with E-state index in [4.69, 9.17) is 0 Å². The lowest BCUT2D eigenvalue weighted by atomic mass is 10.1. The van der Waals surface area contributed by atoms with Gasteiger partial charge in [0.25, 0.3) is 5.92 Å². The largest absolute Gasteiger partial charge is 0.365 e. The average Bonchev–Trinajstić information content (AvgIpc) is 2.56. The Balaban J connectivity index is 1.53. The fraction of sp³-hybridized carbons (Fsp3) is 0.353. The van der Waals surface area contributed by atoms with E-state index in [2.05, 4.69) is 9.71 Å². The lowest BCUT2D eigenvalue weighted by molar-refractivity contribution is -0.0116. The Morgan fingerprint density at radius 2 is 1.87 bits per heavy atom. The third kappa shape index (κ3) is 4.65. The van der Waals surface area contributed by atoms with Crippen molar-refractivity contribution in [2.75, 3.05) is 18.0 Å². The summed E-state index contributed by atoms with van der Waals surface area (Å²) in [5.74, 6) is -2.57. The van der Waals surface area contributed by atoms with Crippen LogP contribution in [0.5, 0.6) is 0 Å². The molecule has 1 aromatic carbocycles. The molecule has 0 saturated carbocycles. The van der Waals surface area contributed by atoms with Crippen LogP contribution >= 0.6 is 11.9 Å². The first-order chi connectivity index (χ1) is 11.1. The van der Waals surface area contributed by atoms with Crippen molar-refractivity contribution in [3.05, 3.63) is 54.4 Å². The van der Waals surface area contributed by atoms with Crippen LogP contribution in [0.15, 0.2) is 53.7 Å². The maximum Gasteiger partial charge on any atom is 0.265 e. The predicted molar refractivity (Wildman–Crippen MR) is 89.8 cm³/mol. The molecule has 1 aliphatic heterocycles. The van der Waals surface area contributed by atoms with Gasteiger partial charge >= 0.3 is 0 Å². The summed E-state index contributed by atoms with van der Waals surface area (Å²) < 4.78 is 30.3. The minimum absolute atomic E-state index is 0.00361. The highest BCUT2D eigenvalue weighted by atomic mass is 32.2. The molecule has 3 rings (SSSR count). The molecule has 2 aromatic rings. The third-order valence-electron chi connectivity index (χ3n) is 3.81. The van der Waals surface area contributed by atoms with E-state index in [0.29, 0.717) is 13.0 Å². The minimum Gasteiger partial charge on any atom is -0.365 e. The zero-order valence-corrected chi connectivity index (χ0v) is 13.5. The van der Waals surface area contributed by atoms with Gasteiger partial charge in [-0.3, -0.25) is 9.71 Å². The molecule has 0 spiro atoms. The number of aromatic nitrogens is 1. The van der Waals surface area contributed by atoms with Crippen molar-refractivity contribution in [3.63, 3.8) is 0 Å². The zero-order valence-electron chi connectivity index (χ0n) is 12.7. The molecular formula is C17H19F2N3S. The lowest BCUT2D eigenvalue weighted by Crippen LogP contribution is -2.42. The van der Waals surface area contributed by atoms with Gasteiger partial charge in [0.2, 0.25) is 0 Å². The SMILES string of the molecule is FC1(F)CCCN(c2ccc(SNCc3ccncc3)cc2)C1. The Labute approximate surface area is 139 Å². The first-order valence-electron chi connectivity index (χ1n) is 7.64. The highest BCUT2D eigenvalue weighted by Crippen LogP contribution is 2.30. The van der Waals surface area contributed by atoms with Gasteiger partial charge in [0.05, 0.1) is 6.54 Å². The molecule has 122 valence electrons. The summed E-state index contributed by atoms with van der Waals surface area (Å²) >= 11 is 1.53. The number of alkyl halides is 2. The van der Waals surface area contributed by atoms with Crippen molar-refractivity contribution in [2.45, 2.75) is 30.2 Å². The third-order valence-corrected chi connectivity index (χ3v) is 4.61. The molecule has 1 aliphatic rings. The lowest BCUT2D eigenvalue weighted by Gasteiger charge is -2.34. The number of nitrogens with zero attached hydrogens (tertiary/aromatic N) is 2. The molecule has 1 saturated heterocycles. The molecule has 1 fully saturated rings. The number of hydrogen-bond acceptors (Lipinski definition) is 4. The Hall–Kier alpha value is -1.66. The molecule has 6 heteroatoms. The highest BCUT2D eigenvalue weighted by molar-refractivity contribution is 7.97. The van der Waals surface area contributed by atoms with Crippen LogP contribution in [0, 0.1) is 0 Å². The number of pyridine rings is 1. The topological polar surface area (TPSA) is 28.2 Å². The molecule has 0 bridgehead atoms. The molecule has 0 atom stereocenters. The van der Waals surface area contributed by atoms with Gasteiger partial charge in [0.15, 0.2) is 0 Å². The van der Waals surface area contributed by atoms with Crippen LogP contribution < -0.4 is 9.62 Å². The normalized spacial score (nSPS) is 17.2.